The number of carbonyl (C=O) groups is 1. The summed E-state index contributed by atoms with van der Waals surface area (Å²) in [5, 5.41) is 3.03. The van der Waals surface area contributed by atoms with Crippen molar-refractivity contribution < 1.29 is 4.79 Å². The zero-order chi connectivity index (χ0) is 12.1. The summed E-state index contributed by atoms with van der Waals surface area (Å²) < 4.78 is 0. The largest absolute Gasteiger partial charge is 0.354 e. The van der Waals surface area contributed by atoms with Crippen LogP contribution in [0.1, 0.15) is 26.2 Å². The second kappa shape index (κ2) is 6.21. The van der Waals surface area contributed by atoms with E-state index in [-0.39, 0.29) is 11.8 Å². The maximum Gasteiger partial charge on any atom is 0.223 e. The average molecular weight is 227 g/mol. The summed E-state index contributed by atoms with van der Waals surface area (Å²) in [5.41, 5.74) is 5.68. The molecule has 4 nitrogen and oxygen atoms in total. The van der Waals surface area contributed by atoms with Crippen LogP contribution in [0.15, 0.2) is 0 Å². The number of nitrogens with zero attached hydrogens (tertiary/aromatic N) is 1. The molecule has 0 spiro atoms. The minimum atomic E-state index is 0.152. The molecule has 1 aliphatic carbocycles. The first-order valence-electron chi connectivity index (χ1n) is 6.20. The van der Waals surface area contributed by atoms with Gasteiger partial charge in [-0.15, -0.1) is 0 Å². The van der Waals surface area contributed by atoms with E-state index in [1.54, 1.807) is 0 Å². The molecular weight excluding hydrogens is 202 g/mol. The highest BCUT2D eigenvalue weighted by Gasteiger charge is 2.31. The van der Waals surface area contributed by atoms with Gasteiger partial charge in [-0.25, -0.2) is 0 Å². The van der Waals surface area contributed by atoms with Gasteiger partial charge in [-0.3, -0.25) is 4.79 Å². The van der Waals surface area contributed by atoms with E-state index in [1.165, 1.54) is 0 Å². The average Bonchev–Trinajstić information content (AvgIpc) is 2.73. The molecule has 94 valence electrons. The van der Waals surface area contributed by atoms with E-state index in [2.05, 4.69) is 17.1 Å². The fraction of sp³-hybridized carbons (Fsp3) is 0.917. The monoisotopic (exact) mass is 227 g/mol. The van der Waals surface area contributed by atoms with Gasteiger partial charge >= 0.3 is 0 Å². The zero-order valence-electron chi connectivity index (χ0n) is 10.7. The highest BCUT2D eigenvalue weighted by Crippen LogP contribution is 2.30. The van der Waals surface area contributed by atoms with Crippen LogP contribution >= 0.6 is 0 Å². The molecule has 0 aromatic heterocycles. The molecule has 1 rings (SSSR count). The van der Waals surface area contributed by atoms with Crippen molar-refractivity contribution in [1.82, 2.24) is 10.2 Å². The summed E-state index contributed by atoms with van der Waals surface area (Å²) in [7, 11) is 4.05. The molecule has 1 amide bonds. The molecule has 0 saturated heterocycles. The lowest BCUT2D eigenvalue weighted by atomic mass is 9.95. The second-order valence-electron chi connectivity index (χ2n) is 5.09. The number of hydrogen-bond acceptors (Lipinski definition) is 3. The Kier molecular flexibility index (Phi) is 5.22. The molecule has 4 heteroatoms. The number of nitrogens with two attached hydrogens (primary N) is 1. The van der Waals surface area contributed by atoms with Crippen LogP contribution < -0.4 is 11.1 Å². The van der Waals surface area contributed by atoms with Gasteiger partial charge in [0.2, 0.25) is 5.91 Å². The number of hydrogen-bond donors (Lipinski definition) is 2. The first kappa shape index (κ1) is 13.5. The number of rotatable bonds is 5. The van der Waals surface area contributed by atoms with Crippen molar-refractivity contribution in [2.24, 2.45) is 17.6 Å². The summed E-state index contributed by atoms with van der Waals surface area (Å²) in [6, 6.07) is 0.377. The minimum absolute atomic E-state index is 0.152. The fourth-order valence-electron chi connectivity index (χ4n) is 2.23. The van der Waals surface area contributed by atoms with E-state index < -0.39 is 0 Å². The number of likely N-dealkylation sites (N-methyl/N-ethyl adjacent to an activating group) is 1. The summed E-state index contributed by atoms with van der Waals surface area (Å²) >= 11 is 0. The SMILES string of the molecule is CC(CNC(=O)[C@@H]1CCC[C@@H]1CN)N(C)C. The van der Waals surface area contributed by atoms with Crippen LogP contribution in [0.3, 0.4) is 0 Å². The molecule has 0 heterocycles. The Morgan fingerprint density at radius 3 is 2.75 bits per heavy atom. The van der Waals surface area contributed by atoms with Gasteiger partial charge in [0.15, 0.2) is 0 Å². The molecule has 3 atom stereocenters. The molecular formula is C12H25N3O. The Morgan fingerprint density at radius 1 is 1.50 bits per heavy atom. The molecule has 3 N–H and O–H groups in total. The van der Waals surface area contributed by atoms with Crippen molar-refractivity contribution in [2.45, 2.75) is 32.2 Å². The van der Waals surface area contributed by atoms with Crippen LogP contribution in [-0.2, 0) is 4.79 Å². The first-order valence-corrected chi connectivity index (χ1v) is 6.20. The Morgan fingerprint density at radius 2 is 2.19 bits per heavy atom. The van der Waals surface area contributed by atoms with E-state index in [4.69, 9.17) is 5.73 Å². The third-order valence-corrected chi connectivity index (χ3v) is 3.75. The van der Waals surface area contributed by atoms with Gasteiger partial charge in [0, 0.05) is 18.5 Å². The van der Waals surface area contributed by atoms with Crippen molar-refractivity contribution in [3.63, 3.8) is 0 Å². The van der Waals surface area contributed by atoms with E-state index in [1.807, 2.05) is 14.1 Å². The van der Waals surface area contributed by atoms with E-state index in [0.29, 0.717) is 18.5 Å². The van der Waals surface area contributed by atoms with E-state index in [9.17, 15) is 4.79 Å². The number of amides is 1. The molecule has 0 aliphatic heterocycles. The van der Waals surface area contributed by atoms with Crippen LogP contribution in [0.5, 0.6) is 0 Å². The number of carbonyl (C=O) groups excluding carboxylic acids is 1. The molecule has 0 aromatic carbocycles. The first-order chi connectivity index (χ1) is 7.56. The predicted molar refractivity (Wildman–Crippen MR) is 66.0 cm³/mol. The molecule has 1 fully saturated rings. The van der Waals surface area contributed by atoms with Crippen LogP contribution in [-0.4, -0.2) is 44.0 Å². The third kappa shape index (κ3) is 3.46. The smallest absolute Gasteiger partial charge is 0.223 e. The van der Waals surface area contributed by atoms with Gasteiger partial charge in [0.25, 0.3) is 0 Å². The van der Waals surface area contributed by atoms with Crippen molar-refractivity contribution in [3.05, 3.63) is 0 Å². The highest BCUT2D eigenvalue weighted by atomic mass is 16.1. The lowest BCUT2D eigenvalue weighted by molar-refractivity contribution is -0.126. The van der Waals surface area contributed by atoms with Crippen molar-refractivity contribution in [3.8, 4) is 0 Å². The van der Waals surface area contributed by atoms with Gasteiger partial charge in [-0.05, 0) is 46.3 Å². The quantitative estimate of drug-likeness (QED) is 0.716. The number of nitrogens with one attached hydrogen (secondary N) is 1. The Hall–Kier alpha value is -0.610. The molecule has 1 unspecified atom stereocenters. The Labute approximate surface area is 98.6 Å². The van der Waals surface area contributed by atoms with Gasteiger partial charge in [0.1, 0.15) is 0 Å². The molecule has 1 saturated carbocycles. The highest BCUT2D eigenvalue weighted by molar-refractivity contribution is 5.79. The standard InChI is InChI=1S/C12H25N3O/c1-9(15(2)3)8-14-12(16)11-6-4-5-10(11)7-13/h9-11H,4-8,13H2,1-3H3,(H,14,16)/t9?,10-,11-/m1/s1. The lowest BCUT2D eigenvalue weighted by Gasteiger charge is -2.22. The molecule has 0 bridgehead atoms. The predicted octanol–water partition coefficient (Wildman–Crippen LogP) is 0.428. The van der Waals surface area contributed by atoms with Crippen LogP contribution in [0.4, 0.5) is 0 Å². The van der Waals surface area contributed by atoms with E-state index >= 15 is 0 Å². The zero-order valence-corrected chi connectivity index (χ0v) is 10.7. The molecule has 0 radical (unpaired) electrons. The Balaban J connectivity index is 2.34. The third-order valence-electron chi connectivity index (χ3n) is 3.75. The summed E-state index contributed by atoms with van der Waals surface area (Å²) in [6.07, 6.45) is 3.26. The summed E-state index contributed by atoms with van der Waals surface area (Å²) in [5.74, 6) is 0.746. The summed E-state index contributed by atoms with van der Waals surface area (Å²) in [6.45, 7) is 3.47. The van der Waals surface area contributed by atoms with Gasteiger partial charge in [-0.1, -0.05) is 6.42 Å². The van der Waals surface area contributed by atoms with E-state index in [0.717, 1.165) is 25.8 Å². The van der Waals surface area contributed by atoms with Crippen LogP contribution in [0, 0.1) is 11.8 Å². The maximum absolute atomic E-state index is 12.0. The molecule has 16 heavy (non-hydrogen) atoms. The van der Waals surface area contributed by atoms with Gasteiger partial charge < -0.3 is 16.0 Å². The normalized spacial score (nSPS) is 27.1. The van der Waals surface area contributed by atoms with Crippen LogP contribution in [0.25, 0.3) is 0 Å². The Bertz CT molecular complexity index is 230. The fourth-order valence-corrected chi connectivity index (χ4v) is 2.23. The van der Waals surface area contributed by atoms with Crippen molar-refractivity contribution in [2.75, 3.05) is 27.2 Å². The van der Waals surface area contributed by atoms with Gasteiger partial charge in [0.05, 0.1) is 0 Å². The van der Waals surface area contributed by atoms with Crippen molar-refractivity contribution >= 4 is 5.91 Å². The van der Waals surface area contributed by atoms with Crippen molar-refractivity contribution in [1.29, 1.82) is 0 Å². The molecule has 1 aliphatic rings. The van der Waals surface area contributed by atoms with Gasteiger partial charge in [-0.2, -0.15) is 0 Å². The topological polar surface area (TPSA) is 58.4 Å². The van der Waals surface area contributed by atoms with Crippen LogP contribution in [0.2, 0.25) is 0 Å². The summed E-state index contributed by atoms with van der Waals surface area (Å²) in [4.78, 5) is 14.1. The second-order valence-corrected chi connectivity index (χ2v) is 5.09. The lowest BCUT2D eigenvalue weighted by Crippen LogP contribution is -2.42. The maximum atomic E-state index is 12.0. The molecule has 0 aromatic rings. The minimum Gasteiger partial charge on any atom is -0.354 e.